The lowest BCUT2D eigenvalue weighted by Crippen LogP contribution is -2.42. The first-order valence-electron chi connectivity index (χ1n) is 7.39. The molecule has 120 valence electrons. The molecule has 1 heterocycles. The lowest BCUT2D eigenvalue weighted by Gasteiger charge is -2.24. The van der Waals surface area contributed by atoms with Crippen molar-refractivity contribution in [2.45, 2.75) is 45.6 Å². The standard InChI is InChI=1S/C16H23N3O2S/c1-16(2,3)18-15(22)17-11-8-10-6-5-7-14(21)19(4)12(10)9-13(11)20/h8-9,20H,5-7H2,1-4H3,(H2,17,18,22). The maximum atomic E-state index is 11.9. The number of hydrogen-bond acceptors (Lipinski definition) is 3. The number of carbonyl (C=O) groups is 1. The van der Waals surface area contributed by atoms with Crippen molar-refractivity contribution in [2.75, 3.05) is 17.3 Å². The number of hydrogen-bond donors (Lipinski definition) is 3. The van der Waals surface area contributed by atoms with Gasteiger partial charge in [0.25, 0.3) is 0 Å². The molecular formula is C16H23N3O2S. The smallest absolute Gasteiger partial charge is 0.226 e. The first-order valence-corrected chi connectivity index (χ1v) is 7.80. The number of nitrogens with one attached hydrogen (secondary N) is 2. The van der Waals surface area contributed by atoms with Gasteiger partial charge in [-0.2, -0.15) is 0 Å². The molecule has 0 aliphatic carbocycles. The Morgan fingerprint density at radius 1 is 1.32 bits per heavy atom. The van der Waals surface area contributed by atoms with Gasteiger partial charge in [0.2, 0.25) is 5.91 Å². The number of fused-ring (bicyclic) bond motifs is 1. The van der Waals surface area contributed by atoms with Crippen molar-refractivity contribution in [3.05, 3.63) is 17.7 Å². The summed E-state index contributed by atoms with van der Waals surface area (Å²) in [6, 6.07) is 3.50. The molecule has 5 nitrogen and oxygen atoms in total. The second-order valence-corrected chi connectivity index (χ2v) is 7.04. The fourth-order valence-corrected chi connectivity index (χ4v) is 2.88. The number of nitrogens with zero attached hydrogens (tertiary/aromatic N) is 1. The molecule has 1 aromatic rings. The highest BCUT2D eigenvalue weighted by Gasteiger charge is 2.21. The van der Waals surface area contributed by atoms with E-state index in [-0.39, 0.29) is 17.2 Å². The summed E-state index contributed by atoms with van der Waals surface area (Å²) in [4.78, 5) is 13.5. The summed E-state index contributed by atoms with van der Waals surface area (Å²) >= 11 is 5.27. The Balaban J connectivity index is 2.26. The van der Waals surface area contributed by atoms with Crippen molar-refractivity contribution in [3.63, 3.8) is 0 Å². The van der Waals surface area contributed by atoms with Crippen LogP contribution in [0.15, 0.2) is 12.1 Å². The van der Waals surface area contributed by atoms with Crippen LogP contribution in [-0.2, 0) is 11.2 Å². The lowest BCUT2D eigenvalue weighted by atomic mass is 10.1. The molecule has 0 unspecified atom stereocenters. The van der Waals surface area contributed by atoms with Crippen LogP contribution in [0.1, 0.15) is 39.2 Å². The monoisotopic (exact) mass is 321 g/mol. The molecule has 3 N–H and O–H groups in total. The number of phenolic OH excluding ortho intramolecular Hbond substituents is 1. The van der Waals surface area contributed by atoms with E-state index in [1.807, 2.05) is 26.8 Å². The van der Waals surface area contributed by atoms with E-state index in [9.17, 15) is 9.90 Å². The molecule has 1 amide bonds. The second-order valence-electron chi connectivity index (χ2n) is 6.63. The Morgan fingerprint density at radius 2 is 2.00 bits per heavy atom. The SMILES string of the molecule is CN1C(=O)CCCc2cc(NC(=S)NC(C)(C)C)c(O)cc21. The number of amides is 1. The van der Waals surface area contributed by atoms with Crippen LogP contribution in [-0.4, -0.2) is 28.7 Å². The molecule has 0 radical (unpaired) electrons. The predicted octanol–water partition coefficient (Wildman–Crippen LogP) is 2.78. The number of thiocarbonyl (C=S) groups is 1. The molecule has 1 aromatic carbocycles. The average molecular weight is 321 g/mol. The maximum absolute atomic E-state index is 11.9. The van der Waals surface area contributed by atoms with Crippen LogP contribution in [0.3, 0.4) is 0 Å². The van der Waals surface area contributed by atoms with E-state index < -0.39 is 0 Å². The van der Waals surface area contributed by atoms with Crippen molar-refractivity contribution in [1.82, 2.24) is 5.32 Å². The van der Waals surface area contributed by atoms with Crippen LogP contribution in [0.4, 0.5) is 11.4 Å². The molecule has 2 rings (SSSR count). The number of aryl methyl sites for hydroxylation is 1. The molecule has 22 heavy (non-hydrogen) atoms. The van der Waals surface area contributed by atoms with Gasteiger partial charge in [-0.25, -0.2) is 0 Å². The van der Waals surface area contributed by atoms with E-state index in [2.05, 4.69) is 10.6 Å². The van der Waals surface area contributed by atoms with Crippen molar-refractivity contribution >= 4 is 34.6 Å². The van der Waals surface area contributed by atoms with Gasteiger partial charge in [-0.15, -0.1) is 0 Å². The first-order chi connectivity index (χ1) is 10.2. The third-order valence-corrected chi connectivity index (χ3v) is 3.71. The molecule has 0 bridgehead atoms. The highest BCUT2D eigenvalue weighted by molar-refractivity contribution is 7.80. The quantitative estimate of drug-likeness (QED) is 0.548. The minimum Gasteiger partial charge on any atom is -0.506 e. The van der Waals surface area contributed by atoms with Gasteiger partial charge in [0.05, 0.1) is 11.4 Å². The molecular weight excluding hydrogens is 298 g/mol. The third kappa shape index (κ3) is 3.88. The first kappa shape index (κ1) is 16.5. The number of benzene rings is 1. The minimum atomic E-state index is -0.155. The zero-order valence-electron chi connectivity index (χ0n) is 13.5. The van der Waals surface area contributed by atoms with Gasteiger partial charge in [0.1, 0.15) is 5.75 Å². The summed E-state index contributed by atoms with van der Waals surface area (Å²) in [7, 11) is 1.74. The highest BCUT2D eigenvalue weighted by atomic mass is 32.1. The van der Waals surface area contributed by atoms with Crippen molar-refractivity contribution in [1.29, 1.82) is 0 Å². The second kappa shape index (κ2) is 6.12. The van der Waals surface area contributed by atoms with Gasteiger partial charge >= 0.3 is 0 Å². The van der Waals surface area contributed by atoms with E-state index in [1.165, 1.54) is 0 Å². The third-order valence-electron chi connectivity index (χ3n) is 3.51. The minimum absolute atomic E-state index is 0.0729. The molecule has 0 spiro atoms. The summed E-state index contributed by atoms with van der Waals surface area (Å²) in [6.45, 7) is 6.04. The zero-order chi connectivity index (χ0) is 16.5. The number of phenols is 1. The van der Waals surface area contributed by atoms with E-state index in [4.69, 9.17) is 12.2 Å². The summed E-state index contributed by atoms with van der Waals surface area (Å²) in [5.41, 5.74) is 2.20. The van der Waals surface area contributed by atoms with Crippen LogP contribution in [0, 0.1) is 0 Å². The average Bonchev–Trinajstić information content (AvgIpc) is 2.50. The van der Waals surface area contributed by atoms with Crippen molar-refractivity contribution in [3.8, 4) is 5.75 Å². The summed E-state index contributed by atoms with van der Waals surface area (Å²) in [6.07, 6.45) is 2.14. The van der Waals surface area contributed by atoms with Crippen LogP contribution in [0.25, 0.3) is 0 Å². The van der Waals surface area contributed by atoms with Gasteiger partial charge in [0, 0.05) is 25.1 Å². The molecule has 1 aliphatic rings. The number of aromatic hydroxyl groups is 1. The zero-order valence-corrected chi connectivity index (χ0v) is 14.3. The van der Waals surface area contributed by atoms with Crippen molar-refractivity contribution in [2.24, 2.45) is 0 Å². The van der Waals surface area contributed by atoms with E-state index in [0.717, 1.165) is 24.1 Å². The Kier molecular flexibility index (Phi) is 4.60. The summed E-state index contributed by atoms with van der Waals surface area (Å²) < 4.78 is 0. The van der Waals surface area contributed by atoms with Gasteiger partial charge in [-0.1, -0.05) is 0 Å². The molecule has 0 saturated heterocycles. The van der Waals surface area contributed by atoms with E-state index in [1.54, 1.807) is 18.0 Å². The highest BCUT2D eigenvalue weighted by Crippen LogP contribution is 2.35. The van der Waals surface area contributed by atoms with E-state index >= 15 is 0 Å². The Hall–Kier alpha value is -1.82. The normalized spacial score (nSPS) is 15.1. The fraction of sp³-hybridized carbons (Fsp3) is 0.500. The number of rotatable bonds is 1. The van der Waals surface area contributed by atoms with Crippen LogP contribution >= 0.6 is 12.2 Å². The molecule has 6 heteroatoms. The molecule has 0 saturated carbocycles. The molecule has 0 aromatic heterocycles. The van der Waals surface area contributed by atoms with Crippen LogP contribution in [0.5, 0.6) is 5.75 Å². The topological polar surface area (TPSA) is 64.6 Å². The van der Waals surface area contributed by atoms with E-state index in [0.29, 0.717) is 17.2 Å². The van der Waals surface area contributed by atoms with Crippen LogP contribution in [0.2, 0.25) is 0 Å². The Bertz CT molecular complexity index is 608. The van der Waals surface area contributed by atoms with Gasteiger partial charge in [0.15, 0.2) is 5.11 Å². The van der Waals surface area contributed by atoms with Gasteiger partial charge < -0.3 is 20.6 Å². The summed E-state index contributed by atoms with van der Waals surface area (Å²) in [5.74, 6) is 0.155. The molecule has 1 aliphatic heterocycles. The Labute approximate surface area is 136 Å². The van der Waals surface area contributed by atoms with Gasteiger partial charge in [-0.05, 0) is 57.5 Å². The number of anilines is 2. The number of carbonyl (C=O) groups excluding carboxylic acids is 1. The fourth-order valence-electron chi connectivity index (χ4n) is 2.46. The Morgan fingerprint density at radius 3 is 2.64 bits per heavy atom. The predicted molar refractivity (Wildman–Crippen MR) is 93.6 cm³/mol. The maximum Gasteiger partial charge on any atom is 0.226 e. The van der Waals surface area contributed by atoms with Crippen molar-refractivity contribution < 1.29 is 9.90 Å². The largest absolute Gasteiger partial charge is 0.506 e. The lowest BCUT2D eigenvalue weighted by molar-refractivity contribution is -0.118. The van der Waals surface area contributed by atoms with Gasteiger partial charge in [-0.3, -0.25) is 4.79 Å². The van der Waals surface area contributed by atoms with Crippen LogP contribution < -0.4 is 15.5 Å². The molecule has 0 atom stereocenters. The molecule has 0 fully saturated rings. The summed E-state index contributed by atoms with van der Waals surface area (Å²) in [5, 5.41) is 16.9.